The molecule has 0 aliphatic heterocycles. The molecule has 60 valence electrons. The summed E-state index contributed by atoms with van der Waals surface area (Å²) in [5, 5.41) is 1.81. The summed E-state index contributed by atoms with van der Waals surface area (Å²) in [4.78, 5) is 1.16. The lowest BCUT2D eigenvalue weighted by molar-refractivity contribution is 1.53. The zero-order chi connectivity index (χ0) is 8.69. The van der Waals surface area contributed by atoms with Crippen LogP contribution in [0.15, 0.2) is 47.3 Å². The molecule has 11 heavy (non-hydrogen) atoms. The Hall–Kier alpha value is -0.690. The Labute approximate surface area is 73.4 Å². The fourth-order valence-electron chi connectivity index (χ4n) is 0.556. The Morgan fingerprint density at radius 2 is 2.09 bits per heavy atom. The molecule has 0 aromatic heterocycles. The van der Waals surface area contributed by atoms with Gasteiger partial charge in [-0.25, -0.2) is 0 Å². The predicted octanol–water partition coefficient (Wildman–Crippen LogP) is 3.90. The average Bonchev–Trinajstić information content (AvgIpc) is 1.97. The van der Waals surface area contributed by atoms with E-state index in [2.05, 4.69) is 13.2 Å². The third kappa shape index (κ3) is 4.68. The van der Waals surface area contributed by atoms with Crippen LogP contribution in [0.5, 0.6) is 0 Å². The predicted molar refractivity (Wildman–Crippen MR) is 55.5 cm³/mol. The van der Waals surface area contributed by atoms with Crippen molar-refractivity contribution in [3.05, 3.63) is 47.3 Å². The minimum Gasteiger partial charge on any atom is -0.0984 e. The standard InChI is InChI=1S/C10H14S/c1-5-7-8-10(9(3)4)11-6-2/h5-8H,2-3H2,1,4H3. The first-order valence-electron chi connectivity index (χ1n) is 3.48. The van der Waals surface area contributed by atoms with E-state index in [1.54, 1.807) is 11.8 Å². The minimum absolute atomic E-state index is 1.08. The lowest BCUT2D eigenvalue weighted by Gasteiger charge is -1.99. The van der Waals surface area contributed by atoms with Gasteiger partial charge >= 0.3 is 0 Å². The van der Waals surface area contributed by atoms with Gasteiger partial charge in [0.1, 0.15) is 0 Å². The molecule has 0 atom stereocenters. The molecule has 0 N–H and O–H groups in total. The Bertz CT molecular complexity index is 197. The SMILES string of the molecule is C=CSC(=CC=CC)C(=C)C. The highest BCUT2D eigenvalue weighted by Gasteiger charge is 1.92. The number of rotatable bonds is 4. The van der Waals surface area contributed by atoms with Gasteiger partial charge in [0, 0.05) is 4.91 Å². The number of allylic oxidation sites excluding steroid dienone is 4. The van der Waals surface area contributed by atoms with E-state index in [-0.39, 0.29) is 0 Å². The maximum absolute atomic E-state index is 3.86. The molecule has 0 spiro atoms. The van der Waals surface area contributed by atoms with Gasteiger partial charge in [-0.15, -0.1) is 0 Å². The molecular weight excluding hydrogens is 152 g/mol. The summed E-state index contributed by atoms with van der Waals surface area (Å²) >= 11 is 1.60. The monoisotopic (exact) mass is 166 g/mol. The smallest absolute Gasteiger partial charge is 0.0139 e. The van der Waals surface area contributed by atoms with Gasteiger partial charge in [-0.2, -0.15) is 0 Å². The fraction of sp³-hybridized carbons (Fsp3) is 0.200. The highest BCUT2D eigenvalue weighted by atomic mass is 32.2. The van der Waals surface area contributed by atoms with Crippen molar-refractivity contribution in [1.82, 2.24) is 0 Å². The van der Waals surface area contributed by atoms with E-state index >= 15 is 0 Å². The largest absolute Gasteiger partial charge is 0.0984 e. The van der Waals surface area contributed by atoms with E-state index in [1.807, 2.05) is 37.5 Å². The maximum Gasteiger partial charge on any atom is 0.0139 e. The van der Waals surface area contributed by atoms with Crippen LogP contribution in [0.2, 0.25) is 0 Å². The number of thioether (sulfide) groups is 1. The second-order valence-corrected chi connectivity index (χ2v) is 3.13. The summed E-state index contributed by atoms with van der Waals surface area (Å²) in [7, 11) is 0. The van der Waals surface area contributed by atoms with Gasteiger partial charge in [-0.1, -0.05) is 37.1 Å². The first-order valence-corrected chi connectivity index (χ1v) is 4.36. The molecule has 0 saturated heterocycles. The molecule has 0 bridgehead atoms. The quantitative estimate of drug-likeness (QED) is 0.571. The topological polar surface area (TPSA) is 0 Å². The van der Waals surface area contributed by atoms with E-state index in [0.29, 0.717) is 0 Å². The minimum atomic E-state index is 1.08. The molecule has 0 aliphatic rings. The van der Waals surface area contributed by atoms with Crippen molar-refractivity contribution < 1.29 is 0 Å². The second-order valence-electron chi connectivity index (χ2n) is 2.12. The first-order chi connectivity index (χ1) is 5.22. The van der Waals surface area contributed by atoms with Gasteiger partial charge in [-0.3, -0.25) is 0 Å². The van der Waals surface area contributed by atoms with E-state index < -0.39 is 0 Å². The van der Waals surface area contributed by atoms with Gasteiger partial charge in [0.15, 0.2) is 0 Å². The Balaban J connectivity index is 4.31. The van der Waals surface area contributed by atoms with Crippen LogP contribution in [0, 0.1) is 0 Å². The third-order valence-electron chi connectivity index (χ3n) is 1.07. The molecular formula is C10H14S. The van der Waals surface area contributed by atoms with Gasteiger partial charge < -0.3 is 0 Å². The molecule has 0 fully saturated rings. The Kier molecular flexibility index (Phi) is 5.67. The van der Waals surface area contributed by atoms with Crippen LogP contribution in [-0.2, 0) is 0 Å². The third-order valence-corrected chi connectivity index (χ3v) is 1.98. The van der Waals surface area contributed by atoms with Crippen LogP contribution < -0.4 is 0 Å². The van der Waals surface area contributed by atoms with Crippen molar-refractivity contribution in [2.24, 2.45) is 0 Å². The molecule has 0 radical (unpaired) electrons. The first kappa shape index (κ1) is 10.3. The van der Waals surface area contributed by atoms with Crippen LogP contribution in [0.1, 0.15) is 13.8 Å². The second kappa shape index (κ2) is 6.05. The molecule has 0 nitrogen and oxygen atoms in total. The van der Waals surface area contributed by atoms with Crippen molar-refractivity contribution in [1.29, 1.82) is 0 Å². The van der Waals surface area contributed by atoms with Crippen molar-refractivity contribution in [3.8, 4) is 0 Å². The van der Waals surface area contributed by atoms with Crippen molar-refractivity contribution in [2.45, 2.75) is 13.8 Å². The Morgan fingerprint density at radius 3 is 2.45 bits per heavy atom. The lowest BCUT2D eigenvalue weighted by Crippen LogP contribution is -1.73. The van der Waals surface area contributed by atoms with E-state index in [9.17, 15) is 0 Å². The molecule has 0 saturated carbocycles. The van der Waals surface area contributed by atoms with Crippen LogP contribution in [-0.4, -0.2) is 0 Å². The zero-order valence-corrected chi connectivity index (χ0v) is 7.95. The summed E-state index contributed by atoms with van der Waals surface area (Å²) in [6, 6.07) is 0. The van der Waals surface area contributed by atoms with E-state index in [1.165, 1.54) is 0 Å². The number of hydrogen-bond acceptors (Lipinski definition) is 1. The van der Waals surface area contributed by atoms with Gasteiger partial charge in [-0.05, 0) is 30.9 Å². The van der Waals surface area contributed by atoms with Crippen LogP contribution in [0.3, 0.4) is 0 Å². The van der Waals surface area contributed by atoms with Gasteiger partial charge in [0.2, 0.25) is 0 Å². The molecule has 0 heterocycles. The lowest BCUT2D eigenvalue weighted by atomic mass is 10.3. The fourth-order valence-corrected chi connectivity index (χ4v) is 1.09. The summed E-state index contributed by atoms with van der Waals surface area (Å²) in [6.45, 7) is 11.5. The van der Waals surface area contributed by atoms with Crippen LogP contribution >= 0.6 is 11.8 Å². The molecule has 0 aromatic rings. The maximum atomic E-state index is 3.86. The van der Waals surface area contributed by atoms with Crippen molar-refractivity contribution >= 4 is 11.8 Å². The Morgan fingerprint density at radius 1 is 1.45 bits per heavy atom. The van der Waals surface area contributed by atoms with Crippen LogP contribution in [0.25, 0.3) is 0 Å². The molecule has 0 aromatic carbocycles. The average molecular weight is 166 g/mol. The highest BCUT2D eigenvalue weighted by molar-refractivity contribution is 8.06. The normalized spacial score (nSPS) is 12.0. The molecule has 0 rings (SSSR count). The summed E-state index contributed by atoms with van der Waals surface area (Å²) in [5.74, 6) is 0. The molecule has 0 aliphatic carbocycles. The summed E-state index contributed by atoms with van der Waals surface area (Å²) in [5.41, 5.74) is 1.08. The highest BCUT2D eigenvalue weighted by Crippen LogP contribution is 2.22. The van der Waals surface area contributed by atoms with Gasteiger partial charge in [0.05, 0.1) is 0 Å². The van der Waals surface area contributed by atoms with E-state index in [0.717, 1.165) is 10.5 Å². The molecule has 0 unspecified atom stereocenters. The van der Waals surface area contributed by atoms with Crippen molar-refractivity contribution in [3.63, 3.8) is 0 Å². The summed E-state index contributed by atoms with van der Waals surface area (Å²) in [6.07, 6.45) is 6.03. The molecule has 0 amide bonds. The zero-order valence-electron chi connectivity index (χ0n) is 7.13. The van der Waals surface area contributed by atoms with Crippen molar-refractivity contribution in [2.75, 3.05) is 0 Å². The van der Waals surface area contributed by atoms with E-state index in [4.69, 9.17) is 0 Å². The summed E-state index contributed by atoms with van der Waals surface area (Å²) < 4.78 is 0. The van der Waals surface area contributed by atoms with Crippen LogP contribution in [0.4, 0.5) is 0 Å². The number of hydrogen-bond donors (Lipinski definition) is 0. The molecule has 1 heteroatoms. The van der Waals surface area contributed by atoms with Gasteiger partial charge in [0.25, 0.3) is 0 Å².